The second kappa shape index (κ2) is 16.2. The number of carbonyl (C=O) groups excluding carboxylic acids is 4. The van der Waals surface area contributed by atoms with Gasteiger partial charge < -0.3 is 20.4 Å². The minimum atomic E-state index is -0.591. The molecule has 14 nitrogen and oxygen atoms in total. The van der Waals surface area contributed by atoms with E-state index in [1.165, 1.54) is 0 Å². The summed E-state index contributed by atoms with van der Waals surface area (Å²) < 4.78 is 0. The molecule has 2 unspecified atom stereocenters. The Balaban J connectivity index is 1.00. The lowest BCUT2D eigenvalue weighted by Gasteiger charge is -2.24. The van der Waals surface area contributed by atoms with Crippen LogP contribution in [0.5, 0.6) is 0 Å². The van der Waals surface area contributed by atoms with E-state index in [0.717, 1.165) is 24.0 Å². The molecule has 0 aromatic heterocycles. The standard InChI is InChI=1S/C38H34N10O4/c39-45-43-31-19-11-27(12-20-31)37(51)47-23-1-3-33(47)35(49)41-29-15-7-25(8-16-29)5-6-26-9-17-30(18-10-26)42-36(50)34-4-2-24-48(34)38(52)28-13-21-32(22-14-28)44-46-40/h5-22,33-34H,1-4,23-24H2,(H,41,49)(H,42,50)/b6-5+. The van der Waals surface area contributed by atoms with Gasteiger partial charge in [-0.15, -0.1) is 0 Å². The van der Waals surface area contributed by atoms with E-state index in [-0.39, 0.29) is 23.6 Å². The smallest absolute Gasteiger partial charge is 0.254 e. The molecule has 0 saturated carbocycles. The molecule has 2 aliphatic heterocycles. The van der Waals surface area contributed by atoms with Crippen LogP contribution in [0.2, 0.25) is 0 Å². The van der Waals surface area contributed by atoms with Gasteiger partial charge in [0.1, 0.15) is 12.1 Å². The van der Waals surface area contributed by atoms with Gasteiger partial charge in [-0.2, -0.15) is 0 Å². The van der Waals surface area contributed by atoms with Crippen molar-refractivity contribution in [1.82, 2.24) is 9.80 Å². The number of nitrogens with one attached hydrogen (secondary N) is 2. The van der Waals surface area contributed by atoms with Crippen LogP contribution in [0.3, 0.4) is 0 Å². The van der Waals surface area contributed by atoms with Crippen molar-refractivity contribution in [3.63, 3.8) is 0 Å². The normalized spacial score (nSPS) is 16.5. The molecular weight excluding hydrogens is 660 g/mol. The maximum absolute atomic E-state index is 13.2. The molecule has 2 N–H and O–H groups in total. The van der Waals surface area contributed by atoms with Crippen LogP contribution in [0, 0.1) is 0 Å². The average Bonchev–Trinajstić information content (AvgIpc) is 3.87. The molecule has 4 aromatic carbocycles. The Bertz CT molecular complexity index is 1930. The summed E-state index contributed by atoms with van der Waals surface area (Å²) in [6.07, 6.45) is 6.43. The van der Waals surface area contributed by atoms with Crippen molar-refractivity contribution in [3.8, 4) is 0 Å². The van der Waals surface area contributed by atoms with Crippen LogP contribution in [-0.4, -0.2) is 58.6 Å². The number of rotatable bonds is 10. The molecule has 0 spiro atoms. The highest BCUT2D eigenvalue weighted by Gasteiger charge is 2.35. The summed E-state index contributed by atoms with van der Waals surface area (Å²) in [6.45, 7) is 0.954. The van der Waals surface area contributed by atoms with E-state index in [2.05, 4.69) is 30.7 Å². The summed E-state index contributed by atoms with van der Waals surface area (Å²) in [6, 6.07) is 26.2. The molecular formula is C38H34N10O4. The second-order valence-electron chi connectivity index (χ2n) is 12.3. The van der Waals surface area contributed by atoms with E-state index < -0.39 is 12.1 Å². The minimum absolute atomic E-state index is 0.249. The highest BCUT2D eigenvalue weighted by molar-refractivity contribution is 6.02. The van der Waals surface area contributed by atoms with E-state index in [1.54, 1.807) is 82.6 Å². The monoisotopic (exact) mass is 694 g/mol. The lowest BCUT2D eigenvalue weighted by Crippen LogP contribution is -2.43. The van der Waals surface area contributed by atoms with Crippen LogP contribution in [0.25, 0.3) is 33.0 Å². The summed E-state index contributed by atoms with van der Waals surface area (Å²) >= 11 is 0. The van der Waals surface area contributed by atoms with E-state index in [9.17, 15) is 19.2 Å². The van der Waals surface area contributed by atoms with Crippen LogP contribution in [0.1, 0.15) is 57.5 Å². The number of nitrogens with zero attached hydrogens (tertiary/aromatic N) is 8. The third-order valence-corrected chi connectivity index (χ3v) is 9.01. The Kier molecular flexibility index (Phi) is 10.9. The number of azide groups is 2. The maximum atomic E-state index is 13.2. The number of hydrogen-bond donors (Lipinski definition) is 2. The van der Waals surface area contributed by atoms with Crippen LogP contribution < -0.4 is 10.6 Å². The zero-order chi connectivity index (χ0) is 36.5. The number of hydrogen-bond acceptors (Lipinski definition) is 6. The number of carbonyl (C=O) groups is 4. The fraction of sp³-hybridized carbons (Fsp3) is 0.211. The Morgan fingerprint density at radius 1 is 0.577 bits per heavy atom. The number of amides is 4. The third kappa shape index (κ3) is 8.28. The lowest BCUT2D eigenvalue weighted by molar-refractivity contribution is -0.120. The van der Waals surface area contributed by atoms with Gasteiger partial charge in [0, 0.05) is 56.8 Å². The molecule has 6 rings (SSSR count). The van der Waals surface area contributed by atoms with Crippen LogP contribution in [0.15, 0.2) is 107 Å². The van der Waals surface area contributed by atoms with Crippen LogP contribution in [0.4, 0.5) is 22.7 Å². The molecule has 14 heteroatoms. The summed E-state index contributed by atoms with van der Waals surface area (Å²) in [5.74, 6) is -1.00. The van der Waals surface area contributed by atoms with Gasteiger partial charge in [-0.1, -0.05) is 70.9 Å². The van der Waals surface area contributed by atoms with E-state index in [0.29, 0.717) is 59.8 Å². The largest absolute Gasteiger partial charge is 0.327 e. The van der Waals surface area contributed by atoms with Gasteiger partial charge in [-0.25, -0.2) is 0 Å². The first-order valence-corrected chi connectivity index (χ1v) is 16.7. The highest BCUT2D eigenvalue weighted by atomic mass is 16.2. The molecule has 2 atom stereocenters. The molecule has 52 heavy (non-hydrogen) atoms. The Morgan fingerprint density at radius 3 is 1.29 bits per heavy atom. The van der Waals surface area contributed by atoms with Gasteiger partial charge in [0.15, 0.2) is 0 Å². The summed E-state index contributed by atoms with van der Waals surface area (Å²) in [7, 11) is 0. The van der Waals surface area contributed by atoms with Gasteiger partial charge in [0.05, 0.1) is 0 Å². The molecule has 2 saturated heterocycles. The van der Waals surface area contributed by atoms with Crippen molar-refractivity contribution in [2.75, 3.05) is 23.7 Å². The Morgan fingerprint density at radius 2 is 0.942 bits per heavy atom. The minimum Gasteiger partial charge on any atom is -0.327 e. The highest BCUT2D eigenvalue weighted by Crippen LogP contribution is 2.25. The number of benzene rings is 4. The lowest BCUT2D eigenvalue weighted by atomic mass is 10.1. The molecule has 0 aliphatic carbocycles. The Hall–Kier alpha value is -6.88. The number of likely N-dealkylation sites (tertiary alicyclic amines) is 2. The molecule has 2 fully saturated rings. The van der Waals surface area contributed by atoms with Crippen molar-refractivity contribution in [2.45, 2.75) is 37.8 Å². The predicted octanol–water partition coefficient (Wildman–Crippen LogP) is 8.23. The van der Waals surface area contributed by atoms with Crippen molar-refractivity contribution in [1.29, 1.82) is 0 Å². The topological polar surface area (TPSA) is 196 Å². The van der Waals surface area contributed by atoms with Gasteiger partial charge in [0.25, 0.3) is 11.8 Å². The average molecular weight is 695 g/mol. The van der Waals surface area contributed by atoms with Gasteiger partial charge in [-0.3, -0.25) is 19.2 Å². The molecule has 2 aliphatic rings. The molecule has 260 valence electrons. The van der Waals surface area contributed by atoms with Gasteiger partial charge >= 0.3 is 0 Å². The summed E-state index contributed by atoms with van der Waals surface area (Å²) in [4.78, 5) is 61.2. The van der Waals surface area contributed by atoms with Crippen molar-refractivity contribution < 1.29 is 19.2 Å². The van der Waals surface area contributed by atoms with Gasteiger partial charge in [0.2, 0.25) is 11.8 Å². The Labute approximate surface area is 299 Å². The van der Waals surface area contributed by atoms with Crippen LogP contribution in [-0.2, 0) is 9.59 Å². The first kappa shape index (κ1) is 35.0. The number of anilines is 2. The fourth-order valence-corrected chi connectivity index (χ4v) is 6.34. The molecule has 4 aromatic rings. The predicted molar refractivity (Wildman–Crippen MR) is 198 cm³/mol. The van der Waals surface area contributed by atoms with E-state index in [1.807, 2.05) is 36.4 Å². The third-order valence-electron chi connectivity index (χ3n) is 9.01. The van der Waals surface area contributed by atoms with E-state index in [4.69, 9.17) is 11.1 Å². The fourth-order valence-electron chi connectivity index (χ4n) is 6.34. The SMILES string of the molecule is [N-]=[N+]=Nc1ccc(C(=O)N2CCCC2C(=O)Nc2ccc(/C=C/c3ccc(NC(=O)C4CCCN4C(=O)c4ccc(N=[N+]=[N-])cc4)cc3)cc2)cc1. The van der Waals surface area contributed by atoms with Crippen molar-refractivity contribution in [2.24, 2.45) is 10.2 Å². The zero-order valence-electron chi connectivity index (χ0n) is 28.0. The summed E-state index contributed by atoms with van der Waals surface area (Å²) in [5.41, 5.74) is 21.9. The zero-order valence-corrected chi connectivity index (χ0v) is 28.0. The van der Waals surface area contributed by atoms with Crippen molar-refractivity contribution in [3.05, 3.63) is 140 Å². The first-order valence-electron chi connectivity index (χ1n) is 16.7. The summed E-state index contributed by atoms with van der Waals surface area (Å²) in [5, 5.41) is 12.9. The quantitative estimate of drug-likeness (QED) is 0.0730. The molecule has 0 bridgehead atoms. The van der Waals surface area contributed by atoms with Gasteiger partial charge in [-0.05, 0) is 96.4 Å². The molecule has 4 amide bonds. The van der Waals surface area contributed by atoms with E-state index >= 15 is 0 Å². The maximum Gasteiger partial charge on any atom is 0.254 e. The first-order chi connectivity index (χ1) is 25.3. The van der Waals surface area contributed by atoms with Crippen LogP contribution >= 0.6 is 0 Å². The van der Waals surface area contributed by atoms with Crippen molar-refractivity contribution >= 4 is 58.5 Å². The molecule has 0 radical (unpaired) electrons. The second-order valence-corrected chi connectivity index (χ2v) is 12.3. The molecule has 2 heterocycles.